The van der Waals surface area contributed by atoms with Crippen molar-refractivity contribution in [2.75, 3.05) is 7.05 Å². The predicted octanol–water partition coefficient (Wildman–Crippen LogP) is 3.90. The Bertz CT molecular complexity index is 641. The van der Waals surface area contributed by atoms with Gasteiger partial charge in [0.15, 0.2) is 0 Å². The van der Waals surface area contributed by atoms with Crippen LogP contribution in [0.5, 0.6) is 5.75 Å². The van der Waals surface area contributed by atoms with E-state index in [2.05, 4.69) is 0 Å². The van der Waals surface area contributed by atoms with Crippen molar-refractivity contribution in [1.29, 1.82) is 0 Å². The first-order chi connectivity index (χ1) is 9.95. The van der Waals surface area contributed by atoms with Crippen LogP contribution < -0.4 is 0 Å². The maximum absolute atomic E-state index is 12.2. The molecule has 110 valence electrons. The molecule has 5 heteroatoms. The van der Waals surface area contributed by atoms with Crippen LogP contribution >= 0.6 is 23.2 Å². The fraction of sp³-hybridized carbons (Fsp3) is 0.188. The number of hydrogen-bond donors (Lipinski definition) is 1. The molecule has 2 aromatic rings. The van der Waals surface area contributed by atoms with E-state index in [1.54, 1.807) is 48.3 Å². The van der Waals surface area contributed by atoms with Crippen molar-refractivity contribution in [2.45, 2.75) is 13.0 Å². The molecular weight excluding hydrogens is 309 g/mol. The van der Waals surface area contributed by atoms with Crippen LogP contribution in [0.3, 0.4) is 0 Å². The Labute approximate surface area is 133 Å². The fourth-order valence-electron chi connectivity index (χ4n) is 1.92. The summed E-state index contributed by atoms with van der Waals surface area (Å²) in [7, 11) is 1.74. The summed E-state index contributed by atoms with van der Waals surface area (Å²) in [5, 5.41) is 10.2. The monoisotopic (exact) mass is 323 g/mol. The normalized spacial score (nSPS) is 10.4. The molecule has 0 radical (unpaired) electrons. The number of benzene rings is 2. The minimum atomic E-state index is -0.00763. The number of likely N-dealkylation sites (N-methyl/N-ethyl adjacent to an activating group) is 1. The largest absolute Gasteiger partial charge is 0.508 e. The average molecular weight is 324 g/mol. The van der Waals surface area contributed by atoms with Crippen molar-refractivity contribution in [3.8, 4) is 5.75 Å². The van der Waals surface area contributed by atoms with Crippen LogP contribution in [0.15, 0.2) is 42.5 Å². The molecule has 1 amide bonds. The molecule has 2 rings (SSSR count). The summed E-state index contributed by atoms with van der Waals surface area (Å²) in [5.74, 6) is 0.183. The molecule has 0 aliphatic rings. The summed E-state index contributed by atoms with van der Waals surface area (Å²) < 4.78 is 0. The molecule has 0 saturated carbocycles. The van der Waals surface area contributed by atoms with Crippen molar-refractivity contribution in [3.05, 3.63) is 63.6 Å². The maximum Gasteiger partial charge on any atom is 0.227 e. The summed E-state index contributed by atoms with van der Waals surface area (Å²) in [5.41, 5.74) is 1.78. The van der Waals surface area contributed by atoms with E-state index in [4.69, 9.17) is 23.2 Å². The van der Waals surface area contributed by atoms with Crippen molar-refractivity contribution in [3.63, 3.8) is 0 Å². The Hall–Kier alpha value is -1.71. The number of nitrogens with zero attached hydrogens (tertiary/aromatic N) is 1. The highest BCUT2D eigenvalue weighted by Crippen LogP contribution is 2.23. The van der Waals surface area contributed by atoms with Gasteiger partial charge in [-0.2, -0.15) is 0 Å². The Kier molecular flexibility index (Phi) is 5.10. The highest BCUT2D eigenvalue weighted by molar-refractivity contribution is 6.42. The van der Waals surface area contributed by atoms with Crippen LogP contribution in [0.4, 0.5) is 0 Å². The summed E-state index contributed by atoms with van der Waals surface area (Å²) in [4.78, 5) is 13.8. The first-order valence-corrected chi connectivity index (χ1v) is 7.17. The molecule has 0 bridgehead atoms. The smallest absolute Gasteiger partial charge is 0.227 e. The van der Waals surface area contributed by atoms with E-state index < -0.39 is 0 Å². The Morgan fingerprint density at radius 3 is 2.29 bits per heavy atom. The minimum absolute atomic E-state index is 0.00763. The van der Waals surface area contributed by atoms with Gasteiger partial charge in [0.25, 0.3) is 0 Å². The number of carbonyl (C=O) groups is 1. The summed E-state index contributed by atoms with van der Waals surface area (Å²) in [6.45, 7) is 0.466. The molecular formula is C16H15Cl2NO2. The second-order valence-electron chi connectivity index (χ2n) is 4.84. The number of amides is 1. The van der Waals surface area contributed by atoms with Crippen molar-refractivity contribution in [1.82, 2.24) is 4.90 Å². The van der Waals surface area contributed by atoms with Crippen molar-refractivity contribution in [2.24, 2.45) is 0 Å². The Balaban J connectivity index is 1.98. The van der Waals surface area contributed by atoms with E-state index in [-0.39, 0.29) is 18.1 Å². The van der Waals surface area contributed by atoms with E-state index in [0.717, 1.165) is 11.1 Å². The van der Waals surface area contributed by atoms with Crippen molar-refractivity contribution >= 4 is 29.1 Å². The Morgan fingerprint density at radius 1 is 1.05 bits per heavy atom. The summed E-state index contributed by atoms with van der Waals surface area (Å²) in [6, 6.07) is 11.9. The molecule has 0 unspecified atom stereocenters. The lowest BCUT2D eigenvalue weighted by atomic mass is 10.1. The first-order valence-electron chi connectivity index (χ1n) is 6.41. The lowest BCUT2D eigenvalue weighted by molar-refractivity contribution is -0.129. The third kappa shape index (κ3) is 4.38. The number of phenolic OH excluding ortho intramolecular Hbond substituents is 1. The van der Waals surface area contributed by atoms with Gasteiger partial charge in [0.05, 0.1) is 16.5 Å². The summed E-state index contributed by atoms with van der Waals surface area (Å²) >= 11 is 11.8. The van der Waals surface area contributed by atoms with Gasteiger partial charge in [0.1, 0.15) is 5.75 Å². The highest BCUT2D eigenvalue weighted by Gasteiger charge is 2.11. The molecule has 2 aromatic carbocycles. The topological polar surface area (TPSA) is 40.5 Å². The van der Waals surface area contributed by atoms with Crippen LogP contribution in [0.1, 0.15) is 11.1 Å². The maximum atomic E-state index is 12.2. The van der Waals surface area contributed by atoms with Gasteiger partial charge in [-0.15, -0.1) is 0 Å². The second kappa shape index (κ2) is 6.83. The van der Waals surface area contributed by atoms with Gasteiger partial charge in [-0.3, -0.25) is 4.79 Å². The SMILES string of the molecule is CN(Cc1ccc(Cl)c(Cl)c1)C(=O)Cc1ccc(O)cc1. The molecule has 0 saturated heterocycles. The molecule has 0 aliphatic carbocycles. The molecule has 1 N–H and O–H groups in total. The van der Waals surface area contributed by atoms with Gasteiger partial charge < -0.3 is 10.0 Å². The van der Waals surface area contributed by atoms with Crippen LogP contribution in [0.2, 0.25) is 10.0 Å². The lowest BCUT2D eigenvalue weighted by Gasteiger charge is -2.17. The van der Waals surface area contributed by atoms with Gasteiger partial charge in [0.2, 0.25) is 5.91 Å². The van der Waals surface area contributed by atoms with E-state index in [1.807, 2.05) is 6.07 Å². The van der Waals surface area contributed by atoms with Crippen LogP contribution in [-0.4, -0.2) is 23.0 Å². The molecule has 0 aromatic heterocycles. The van der Waals surface area contributed by atoms with Gasteiger partial charge in [0, 0.05) is 13.6 Å². The number of carbonyl (C=O) groups excluding carboxylic acids is 1. The molecule has 3 nitrogen and oxygen atoms in total. The van der Waals surface area contributed by atoms with Crippen LogP contribution in [0.25, 0.3) is 0 Å². The van der Waals surface area contributed by atoms with E-state index in [1.165, 1.54) is 0 Å². The number of hydrogen-bond acceptors (Lipinski definition) is 2. The molecule has 0 aliphatic heterocycles. The number of phenols is 1. The van der Waals surface area contributed by atoms with Crippen LogP contribution in [-0.2, 0) is 17.8 Å². The molecule has 0 fully saturated rings. The van der Waals surface area contributed by atoms with E-state index in [0.29, 0.717) is 16.6 Å². The van der Waals surface area contributed by atoms with Gasteiger partial charge >= 0.3 is 0 Å². The highest BCUT2D eigenvalue weighted by atomic mass is 35.5. The Morgan fingerprint density at radius 2 is 1.67 bits per heavy atom. The van der Waals surface area contributed by atoms with E-state index >= 15 is 0 Å². The molecule has 0 atom stereocenters. The zero-order chi connectivity index (χ0) is 15.4. The fourth-order valence-corrected chi connectivity index (χ4v) is 2.24. The van der Waals surface area contributed by atoms with Crippen molar-refractivity contribution < 1.29 is 9.90 Å². The zero-order valence-corrected chi connectivity index (χ0v) is 13.0. The number of halogens is 2. The van der Waals surface area contributed by atoms with E-state index in [9.17, 15) is 9.90 Å². The van der Waals surface area contributed by atoms with Crippen LogP contribution in [0, 0.1) is 0 Å². The third-order valence-electron chi connectivity index (χ3n) is 3.12. The third-order valence-corrected chi connectivity index (χ3v) is 3.86. The number of aromatic hydroxyl groups is 1. The first kappa shape index (κ1) is 15.7. The summed E-state index contributed by atoms with van der Waals surface area (Å²) in [6.07, 6.45) is 0.290. The average Bonchev–Trinajstić information content (AvgIpc) is 2.45. The predicted molar refractivity (Wildman–Crippen MR) is 84.7 cm³/mol. The molecule has 0 heterocycles. The second-order valence-corrected chi connectivity index (χ2v) is 5.66. The lowest BCUT2D eigenvalue weighted by Crippen LogP contribution is -2.27. The minimum Gasteiger partial charge on any atom is -0.508 e. The standard InChI is InChI=1S/C16H15Cl2NO2/c1-19(10-12-4-7-14(17)15(18)8-12)16(21)9-11-2-5-13(20)6-3-11/h2-8,20H,9-10H2,1H3. The van der Waals surface area contributed by atoms with Gasteiger partial charge in [-0.25, -0.2) is 0 Å². The quantitative estimate of drug-likeness (QED) is 0.926. The van der Waals surface area contributed by atoms with Gasteiger partial charge in [-0.05, 0) is 35.4 Å². The molecule has 21 heavy (non-hydrogen) atoms. The van der Waals surface area contributed by atoms with Gasteiger partial charge in [-0.1, -0.05) is 41.4 Å². The zero-order valence-electron chi connectivity index (χ0n) is 11.5. The number of rotatable bonds is 4. The molecule has 0 spiro atoms.